The van der Waals surface area contributed by atoms with Crippen LogP contribution in [-0.2, 0) is 0 Å². The number of hydrogen-bond donors (Lipinski definition) is 0. The smallest absolute Gasteiger partial charge is 0.254 e. The Morgan fingerprint density at radius 2 is 1.59 bits per heavy atom. The van der Waals surface area contributed by atoms with Crippen molar-refractivity contribution in [3.8, 4) is 0 Å². The average Bonchev–Trinajstić information content (AvgIpc) is 2.39. The fourth-order valence-electron chi connectivity index (χ4n) is 2.11. The molecule has 90 valence electrons. The lowest BCUT2D eigenvalue weighted by atomic mass is 10.0. The van der Waals surface area contributed by atoms with Gasteiger partial charge in [-0.15, -0.1) is 0 Å². The van der Waals surface area contributed by atoms with Crippen LogP contribution in [0.4, 0.5) is 0 Å². The van der Waals surface area contributed by atoms with Crippen molar-refractivity contribution in [3.05, 3.63) is 35.4 Å². The summed E-state index contributed by atoms with van der Waals surface area (Å²) in [5, 5.41) is 10.9. The number of carboxylic acid groups (broad SMARTS) is 1. The summed E-state index contributed by atoms with van der Waals surface area (Å²) in [4.78, 5) is 24.8. The van der Waals surface area contributed by atoms with E-state index in [0.29, 0.717) is 13.1 Å². The van der Waals surface area contributed by atoms with E-state index in [4.69, 9.17) is 0 Å². The third-order valence-corrected chi connectivity index (χ3v) is 3.02. The van der Waals surface area contributed by atoms with Crippen LogP contribution in [0, 0.1) is 0 Å². The molecule has 4 nitrogen and oxygen atoms in total. The van der Waals surface area contributed by atoms with Crippen LogP contribution < -0.4 is 5.11 Å². The van der Waals surface area contributed by atoms with Gasteiger partial charge in [0, 0.05) is 24.2 Å². The number of hydrogen-bond acceptors (Lipinski definition) is 3. The van der Waals surface area contributed by atoms with Gasteiger partial charge in [-0.25, -0.2) is 0 Å². The predicted molar refractivity (Wildman–Crippen MR) is 60.5 cm³/mol. The van der Waals surface area contributed by atoms with Crippen molar-refractivity contribution in [1.82, 2.24) is 4.90 Å². The summed E-state index contributed by atoms with van der Waals surface area (Å²) in [5.74, 6) is -1.50. The van der Waals surface area contributed by atoms with E-state index in [-0.39, 0.29) is 17.0 Å². The van der Waals surface area contributed by atoms with Crippen LogP contribution in [0.1, 0.15) is 40.0 Å². The second-order valence-corrected chi connectivity index (χ2v) is 4.19. The maximum absolute atomic E-state index is 12.2. The van der Waals surface area contributed by atoms with Gasteiger partial charge in [0.15, 0.2) is 0 Å². The number of piperidine rings is 1. The van der Waals surface area contributed by atoms with E-state index in [1.165, 1.54) is 6.07 Å². The number of benzene rings is 1. The lowest BCUT2D eigenvalue weighted by Crippen LogP contribution is -2.37. The Morgan fingerprint density at radius 3 is 2.18 bits per heavy atom. The van der Waals surface area contributed by atoms with E-state index in [9.17, 15) is 14.7 Å². The average molecular weight is 232 g/mol. The summed E-state index contributed by atoms with van der Waals surface area (Å²) in [6, 6.07) is 6.22. The van der Waals surface area contributed by atoms with Gasteiger partial charge in [-0.3, -0.25) is 4.79 Å². The minimum Gasteiger partial charge on any atom is -0.545 e. The van der Waals surface area contributed by atoms with Crippen molar-refractivity contribution >= 4 is 11.9 Å². The van der Waals surface area contributed by atoms with Crippen LogP contribution in [0.5, 0.6) is 0 Å². The minimum atomic E-state index is -1.30. The van der Waals surface area contributed by atoms with E-state index in [0.717, 1.165) is 19.3 Å². The molecular formula is C13H14NO3-. The van der Waals surface area contributed by atoms with E-state index in [1.807, 2.05) is 0 Å². The largest absolute Gasteiger partial charge is 0.545 e. The molecule has 0 N–H and O–H groups in total. The highest BCUT2D eigenvalue weighted by molar-refractivity contribution is 6.04. The molecule has 1 aromatic rings. The number of rotatable bonds is 2. The zero-order valence-corrected chi connectivity index (χ0v) is 9.52. The summed E-state index contributed by atoms with van der Waals surface area (Å²) >= 11 is 0. The molecular weight excluding hydrogens is 218 g/mol. The van der Waals surface area contributed by atoms with Crippen LogP contribution in [0.15, 0.2) is 24.3 Å². The summed E-state index contributed by atoms with van der Waals surface area (Å²) < 4.78 is 0. The van der Waals surface area contributed by atoms with E-state index in [2.05, 4.69) is 0 Å². The standard InChI is InChI=1S/C13H15NO3/c15-12(14-8-4-1-5-9-14)10-6-2-3-7-11(10)13(16)17/h2-3,6-7H,1,4-5,8-9H2,(H,16,17)/p-1. The highest BCUT2D eigenvalue weighted by Crippen LogP contribution is 2.15. The third-order valence-electron chi connectivity index (χ3n) is 3.02. The van der Waals surface area contributed by atoms with Crippen molar-refractivity contribution < 1.29 is 14.7 Å². The lowest BCUT2D eigenvalue weighted by molar-refractivity contribution is -0.255. The first-order chi connectivity index (χ1) is 8.20. The maximum Gasteiger partial charge on any atom is 0.254 e. The first-order valence-electron chi connectivity index (χ1n) is 5.80. The molecule has 0 saturated carbocycles. The quantitative estimate of drug-likeness (QED) is 0.753. The fourth-order valence-corrected chi connectivity index (χ4v) is 2.11. The first-order valence-corrected chi connectivity index (χ1v) is 5.80. The molecule has 1 aromatic carbocycles. The zero-order valence-electron chi connectivity index (χ0n) is 9.52. The third kappa shape index (κ3) is 2.46. The van der Waals surface area contributed by atoms with Crippen LogP contribution in [0.3, 0.4) is 0 Å². The molecule has 0 unspecified atom stereocenters. The summed E-state index contributed by atoms with van der Waals surface area (Å²) in [5.41, 5.74) is 0.206. The van der Waals surface area contributed by atoms with Gasteiger partial charge in [0.25, 0.3) is 5.91 Å². The van der Waals surface area contributed by atoms with Crippen LogP contribution in [-0.4, -0.2) is 29.9 Å². The van der Waals surface area contributed by atoms with Gasteiger partial charge < -0.3 is 14.8 Å². The van der Waals surface area contributed by atoms with Crippen molar-refractivity contribution in [1.29, 1.82) is 0 Å². The number of carboxylic acids is 1. The SMILES string of the molecule is O=C([O-])c1ccccc1C(=O)N1CCCCC1. The molecule has 17 heavy (non-hydrogen) atoms. The number of carbonyl (C=O) groups is 2. The topological polar surface area (TPSA) is 60.4 Å². The molecule has 1 saturated heterocycles. The number of nitrogens with zero attached hydrogens (tertiary/aromatic N) is 1. The molecule has 1 aliphatic rings. The predicted octanol–water partition coefficient (Wildman–Crippen LogP) is 0.676. The highest BCUT2D eigenvalue weighted by atomic mass is 16.4. The Balaban J connectivity index is 2.26. The van der Waals surface area contributed by atoms with Crippen molar-refractivity contribution in [3.63, 3.8) is 0 Å². The van der Waals surface area contributed by atoms with E-state index >= 15 is 0 Å². The fraction of sp³-hybridized carbons (Fsp3) is 0.385. The number of aromatic carboxylic acids is 1. The van der Waals surface area contributed by atoms with Gasteiger partial charge in [0.05, 0.1) is 5.97 Å². The van der Waals surface area contributed by atoms with Crippen molar-refractivity contribution in [2.75, 3.05) is 13.1 Å². The van der Waals surface area contributed by atoms with Gasteiger partial charge in [0.2, 0.25) is 0 Å². The Labute approximate surface area is 99.9 Å². The number of likely N-dealkylation sites (tertiary alicyclic amines) is 1. The molecule has 0 bridgehead atoms. The molecule has 0 spiro atoms. The summed E-state index contributed by atoms with van der Waals surface area (Å²) in [7, 11) is 0. The second kappa shape index (κ2) is 4.99. The first kappa shape index (κ1) is 11.6. The molecule has 2 rings (SSSR count). The molecule has 0 atom stereocenters. The molecule has 1 heterocycles. The molecule has 4 heteroatoms. The summed E-state index contributed by atoms with van der Waals surface area (Å²) in [6.45, 7) is 1.42. The monoisotopic (exact) mass is 232 g/mol. The Kier molecular flexibility index (Phi) is 3.42. The molecule has 0 aromatic heterocycles. The molecule has 0 radical (unpaired) electrons. The zero-order chi connectivity index (χ0) is 12.3. The van der Waals surface area contributed by atoms with Gasteiger partial charge in [-0.05, 0) is 25.3 Å². The molecule has 1 aliphatic heterocycles. The highest BCUT2D eigenvalue weighted by Gasteiger charge is 2.20. The lowest BCUT2D eigenvalue weighted by Gasteiger charge is -2.27. The van der Waals surface area contributed by atoms with Gasteiger partial charge >= 0.3 is 0 Å². The van der Waals surface area contributed by atoms with Gasteiger partial charge in [0.1, 0.15) is 0 Å². The Bertz CT molecular complexity index is 436. The normalized spacial score (nSPS) is 15.6. The van der Waals surface area contributed by atoms with Crippen LogP contribution >= 0.6 is 0 Å². The Morgan fingerprint density at radius 1 is 1.00 bits per heavy atom. The second-order valence-electron chi connectivity index (χ2n) is 4.19. The van der Waals surface area contributed by atoms with Crippen LogP contribution in [0.25, 0.3) is 0 Å². The van der Waals surface area contributed by atoms with Gasteiger partial charge in [-0.2, -0.15) is 0 Å². The van der Waals surface area contributed by atoms with Gasteiger partial charge in [-0.1, -0.05) is 18.2 Å². The molecule has 1 fully saturated rings. The van der Waals surface area contributed by atoms with Crippen molar-refractivity contribution in [2.45, 2.75) is 19.3 Å². The molecule has 0 aliphatic carbocycles. The minimum absolute atomic E-state index is 0.0249. The van der Waals surface area contributed by atoms with E-state index in [1.54, 1.807) is 23.1 Å². The number of amides is 1. The Hall–Kier alpha value is -1.84. The van der Waals surface area contributed by atoms with E-state index < -0.39 is 5.97 Å². The van der Waals surface area contributed by atoms with Crippen molar-refractivity contribution in [2.24, 2.45) is 0 Å². The molecule has 1 amide bonds. The number of carbonyl (C=O) groups excluding carboxylic acids is 2. The van der Waals surface area contributed by atoms with Crippen LogP contribution in [0.2, 0.25) is 0 Å². The maximum atomic E-state index is 12.2. The summed E-state index contributed by atoms with van der Waals surface area (Å²) in [6.07, 6.45) is 3.10.